The first-order valence-corrected chi connectivity index (χ1v) is 8.38. The maximum Gasteiger partial charge on any atom is 0.341 e. The molecule has 0 spiro atoms. The highest BCUT2D eigenvalue weighted by Gasteiger charge is 2.33. The highest BCUT2D eigenvalue weighted by molar-refractivity contribution is 5.92. The normalized spacial score (nSPS) is 18.1. The quantitative estimate of drug-likeness (QED) is 0.805. The van der Waals surface area contributed by atoms with Gasteiger partial charge >= 0.3 is 5.97 Å². The zero-order chi connectivity index (χ0) is 19.6. The van der Waals surface area contributed by atoms with Crippen molar-refractivity contribution in [2.75, 3.05) is 28.4 Å². The van der Waals surface area contributed by atoms with Crippen LogP contribution in [0.2, 0.25) is 0 Å². The lowest BCUT2D eigenvalue weighted by Gasteiger charge is -2.32. The highest BCUT2D eigenvalue weighted by Crippen LogP contribution is 2.43. The molecule has 0 saturated heterocycles. The molecule has 144 valence electrons. The van der Waals surface area contributed by atoms with Crippen LogP contribution in [0.4, 0.5) is 0 Å². The first-order chi connectivity index (χ1) is 13.0. The molecule has 1 aliphatic heterocycles. The molecule has 2 aromatic rings. The van der Waals surface area contributed by atoms with E-state index in [-0.39, 0.29) is 0 Å². The molecule has 2 aromatic carbocycles. The largest absolute Gasteiger partial charge is 0.496 e. The minimum absolute atomic E-state index is 0.304. The van der Waals surface area contributed by atoms with Crippen molar-refractivity contribution in [3.8, 4) is 23.0 Å². The highest BCUT2D eigenvalue weighted by atomic mass is 16.5. The first-order valence-electron chi connectivity index (χ1n) is 8.38. The molecule has 27 heavy (non-hydrogen) atoms. The fourth-order valence-corrected chi connectivity index (χ4v) is 3.19. The molecule has 7 heteroatoms. The Hall–Kier alpha value is -2.93. The number of hydrogen-bond donors (Lipinski definition) is 1. The van der Waals surface area contributed by atoms with E-state index in [1.54, 1.807) is 44.6 Å². The lowest BCUT2D eigenvalue weighted by Crippen LogP contribution is -2.30. The van der Waals surface area contributed by atoms with E-state index in [4.69, 9.17) is 23.7 Å². The summed E-state index contributed by atoms with van der Waals surface area (Å²) in [5, 5.41) is 10.7. The van der Waals surface area contributed by atoms with Crippen LogP contribution in [-0.2, 0) is 11.2 Å². The van der Waals surface area contributed by atoms with Crippen LogP contribution in [0.1, 0.15) is 27.6 Å². The van der Waals surface area contributed by atoms with E-state index in [2.05, 4.69) is 0 Å². The van der Waals surface area contributed by atoms with Crippen LogP contribution >= 0.6 is 0 Å². The number of rotatable bonds is 5. The van der Waals surface area contributed by atoms with Gasteiger partial charge in [-0.2, -0.15) is 0 Å². The molecule has 1 N–H and O–H groups in total. The molecule has 0 radical (unpaired) electrons. The molecule has 0 saturated carbocycles. The number of esters is 1. The lowest BCUT2D eigenvalue weighted by atomic mass is 9.93. The van der Waals surface area contributed by atoms with Gasteiger partial charge in [-0.3, -0.25) is 0 Å². The molecular formula is C20H22O7. The third-order valence-electron chi connectivity index (χ3n) is 4.57. The molecule has 0 aliphatic carbocycles. The van der Waals surface area contributed by atoms with Gasteiger partial charge in [0.2, 0.25) is 0 Å². The van der Waals surface area contributed by atoms with E-state index in [1.165, 1.54) is 14.2 Å². The van der Waals surface area contributed by atoms with Gasteiger partial charge in [-0.1, -0.05) is 6.07 Å². The van der Waals surface area contributed by atoms with Crippen molar-refractivity contribution in [2.24, 2.45) is 0 Å². The maximum atomic E-state index is 11.8. The topological polar surface area (TPSA) is 83.5 Å². The number of fused-ring (bicyclic) bond motifs is 1. The van der Waals surface area contributed by atoms with Gasteiger partial charge in [0, 0.05) is 24.1 Å². The Morgan fingerprint density at radius 2 is 1.78 bits per heavy atom. The predicted molar refractivity (Wildman–Crippen MR) is 97.0 cm³/mol. The Morgan fingerprint density at radius 3 is 2.41 bits per heavy atom. The van der Waals surface area contributed by atoms with E-state index in [0.29, 0.717) is 40.5 Å². The monoisotopic (exact) mass is 374 g/mol. The number of hydrogen-bond acceptors (Lipinski definition) is 7. The van der Waals surface area contributed by atoms with Crippen LogP contribution in [0.25, 0.3) is 0 Å². The zero-order valence-electron chi connectivity index (χ0n) is 15.6. The van der Waals surface area contributed by atoms with Gasteiger partial charge in [0.25, 0.3) is 0 Å². The number of carbonyl (C=O) groups excluding carboxylic acids is 1. The lowest BCUT2D eigenvalue weighted by molar-refractivity contribution is 0.0197. The van der Waals surface area contributed by atoms with Crippen molar-refractivity contribution in [3.05, 3.63) is 47.0 Å². The summed E-state index contributed by atoms with van der Waals surface area (Å²) in [5.74, 6) is 1.63. The number of methoxy groups -OCH3 is 4. The second-order valence-electron chi connectivity index (χ2n) is 6.07. The predicted octanol–water partition coefficient (Wildman–Crippen LogP) is 2.54. The molecule has 7 nitrogen and oxygen atoms in total. The molecule has 0 aromatic heterocycles. The Morgan fingerprint density at radius 1 is 1.04 bits per heavy atom. The third-order valence-corrected chi connectivity index (χ3v) is 4.57. The summed E-state index contributed by atoms with van der Waals surface area (Å²) in [6.07, 6.45) is -1.07. The molecule has 0 unspecified atom stereocenters. The number of aliphatic hydroxyl groups is 1. The van der Waals surface area contributed by atoms with Crippen LogP contribution < -0.4 is 18.9 Å². The standard InChI is InChI=1S/C20H22O7/c1-23-12-8-17(25-3)14-10-15(21)19(27-18(14)9-12)11-5-6-13(20(22)26-4)16(7-11)24-2/h5-9,15,19,21H,10H2,1-4H3/t15-,19-/m1/s1. The van der Waals surface area contributed by atoms with Gasteiger partial charge in [-0.05, 0) is 17.7 Å². The van der Waals surface area contributed by atoms with Gasteiger partial charge in [0.1, 0.15) is 34.7 Å². The Labute approximate surface area is 157 Å². The van der Waals surface area contributed by atoms with E-state index in [1.807, 2.05) is 0 Å². The molecular weight excluding hydrogens is 352 g/mol. The van der Waals surface area contributed by atoms with Gasteiger partial charge in [-0.15, -0.1) is 0 Å². The fraction of sp³-hybridized carbons (Fsp3) is 0.350. The van der Waals surface area contributed by atoms with E-state index < -0.39 is 18.2 Å². The van der Waals surface area contributed by atoms with Crippen molar-refractivity contribution >= 4 is 5.97 Å². The molecule has 0 fully saturated rings. The Bertz CT molecular complexity index is 846. The number of benzene rings is 2. The summed E-state index contributed by atoms with van der Waals surface area (Å²) in [4.78, 5) is 11.8. The summed E-state index contributed by atoms with van der Waals surface area (Å²) >= 11 is 0. The fourth-order valence-electron chi connectivity index (χ4n) is 3.19. The summed E-state index contributed by atoms with van der Waals surface area (Å²) < 4.78 is 26.8. The Kier molecular flexibility index (Phi) is 5.41. The van der Waals surface area contributed by atoms with Crippen molar-refractivity contribution in [3.63, 3.8) is 0 Å². The van der Waals surface area contributed by atoms with Crippen molar-refractivity contribution < 1.29 is 33.6 Å². The molecule has 0 bridgehead atoms. The van der Waals surface area contributed by atoms with Crippen LogP contribution in [0.3, 0.4) is 0 Å². The van der Waals surface area contributed by atoms with Crippen molar-refractivity contribution in [1.82, 2.24) is 0 Å². The van der Waals surface area contributed by atoms with Crippen molar-refractivity contribution in [2.45, 2.75) is 18.6 Å². The maximum absolute atomic E-state index is 11.8. The minimum Gasteiger partial charge on any atom is -0.496 e. The van der Waals surface area contributed by atoms with Crippen LogP contribution in [0.15, 0.2) is 30.3 Å². The minimum atomic E-state index is -0.798. The number of ether oxygens (including phenoxy) is 5. The van der Waals surface area contributed by atoms with Gasteiger partial charge in [0.05, 0.1) is 34.5 Å². The molecule has 3 rings (SSSR count). The third kappa shape index (κ3) is 3.50. The SMILES string of the molecule is COC(=O)c1ccc([C@H]2Oc3cc(OC)cc(OC)c3C[C@H]2O)cc1OC. The van der Waals surface area contributed by atoms with Crippen LogP contribution in [-0.4, -0.2) is 45.6 Å². The van der Waals surface area contributed by atoms with E-state index in [0.717, 1.165) is 5.56 Å². The summed E-state index contributed by atoms with van der Waals surface area (Å²) in [5.41, 5.74) is 1.76. The second-order valence-corrected chi connectivity index (χ2v) is 6.07. The molecule has 1 aliphatic rings. The Balaban J connectivity index is 1.98. The van der Waals surface area contributed by atoms with Crippen LogP contribution in [0, 0.1) is 0 Å². The molecule has 1 heterocycles. The molecule has 0 amide bonds. The van der Waals surface area contributed by atoms with Gasteiger partial charge in [-0.25, -0.2) is 4.79 Å². The average molecular weight is 374 g/mol. The number of carbonyl (C=O) groups is 1. The van der Waals surface area contributed by atoms with E-state index in [9.17, 15) is 9.90 Å². The number of aliphatic hydroxyl groups excluding tert-OH is 1. The smallest absolute Gasteiger partial charge is 0.341 e. The van der Waals surface area contributed by atoms with Gasteiger partial charge < -0.3 is 28.8 Å². The zero-order valence-corrected chi connectivity index (χ0v) is 15.6. The first kappa shape index (κ1) is 18.8. The summed E-state index contributed by atoms with van der Waals surface area (Å²) in [7, 11) is 5.90. The second kappa shape index (κ2) is 7.75. The van der Waals surface area contributed by atoms with Crippen molar-refractivity contribution in [1.29, 1.82) is 0 Å². The summed E-state index contributed by atoms with van der Waals surface area (Å²) in [6.45, 7) is 0. The average Bonchev–Trinajstić information content (AvgIpc) is 2.71. The summed E-state index contributed by atoms with van der Waals surface area (Å²) in [6, 6.07) is 8.49. The van der Waals surface area contributed by atoms with Crippen LogP contribution in [0.5, 0.6) is 23.0 Å². The van der Waals surface area contributed by atoms with E-state index >= 15 is 0 Å². The van der Waals surface area contributed by atoms with Gasteiger partial charge in [0.15, 0.2) is 0 Å². The molecule has 2 atom stereocenters.